The second-order valence-corrected chi connectivity index (χ2v) is 6.21. The van der Waals surface area contributed by atoms with Gasteiger partial charge >= 0.3 is 5.97 Å². The van der Waals surface area contributed by atoms with Gasteiger partial charge in [0.05, 0.1) is 10.7 Å². The molecule has 100 valence electrons. The van der Waals surface area contributed by atoms with E-state index in [0.717, 1.165) is 17.0 Å². The van der Waals surface area contributed by atoms with Crippen LogP contribution in [0.5, 0.6) is 0 Å². The zero-order valence-corrected chi connectivity index (χ0v) is 12.1. The van der Waals surface area contributed by atoms with Crippen LogP contribution in [-0.2, 0) is 6.42 Å². The smallest absolute Gasteiger partial charge is 0.348 e. The third-order valence-electron chi connectivity index (χ3n) is 2.80. The topological polar surface area (TPSA) is 50.2 Å². The van der Waals surface area contributed by atoms with E-state index < -0.39 is 5.97 Å². The molecule has 1 heterocycles. The van der Waals surface area contributed by atoms with Gasteiger partial charge < -0.3 is 5.11 Å². The van der Waals surface area contributed by atoms with Crippen molar-refractivity contribution < 1.29 is 9.90 Å². The molecule has 3 nitrogen and oxygen atoms in total. The number of hydrogen-bond acceptors (Lipinski definition) is 3. The summed E-state index contributed by atoms with van der Waals surface area (Å²) >= 11 is 1.22. The molecular weight excluding hydrogens is 258 g/mol. The van der Waals surface area contributed by atoms with Crippen LogP contribution in [0.4, 0.5) is 0 Å². The third-order valence-corrected chi connectivity index (χ3v) is 3.76. The van der Waals surface area contributed by atoms with Crippen molar-refractivity contribution in [2.45, 2.75) is 27.2 Å². The first kappa shape index (κ1) is 13.7. The number of hydrogen-bond donors (Lipinski definition) is 1. The molecule has 1 N–H and O–H groups in total. The molecule has 0 saturated heterocycles. The monoisotopic (exact) mass is 275 g/mol. The zero-order valence-electron chi connectivity index (χ0n) is 11.3. The Balaban J connectivity index is 2.34. The van der Waals surface area contributed by atoms with E-state index in [0.29, 0.717) is 16.5 Å². The fourth-order valence-electron chi connectivity index (χ4n) is 2.04. The molecule has 1 aromatic heterocycles. The summed E-state index contributed by atoms with van der Waals surface area (Å²) in [5, 5.41) is 9.96. The maximum absolute atomic E-state index is 11.2. The van der Waals surface area contributed by atoms with E-state index >= 15 is 0 Å². The molecule has 0 aliphatic rings. The molecule has 0 aliphatic carbocycles. The van der Waals surface area contributed by atoms with Gasteiger partial charge in [0.1, 0.15) is 4.88 Å². The average molecular weight is 275 g/mol. The van der Waals surface area contributed by atoms with Crippen LogP contribution in [0.1, 0.15) is 34.1 Å². The van der Waals surface area contributed by atoms with Crippen molar-refractivity contribution in [1.82, 2.24) is 4.98 Å². The van der Waals surface area contributed by atoms with Crippen LogP contribution in [0.15, 0.2) is 24.3 Å². The first-order chi connectivity index (χ1) is 8.97. The van der Waals surface area contributed by atoms with E-state index in [4.69, 9.17) is 0 Å². The highest BCUT2D eigenvalue weighted by Gasteiger charge is 2.17. The zero-order chi connectivity index (χ0) is 14.0. The van der Waals surface area contributed by atoms with E-state index in [2.05, 4.69) is 31.0 Å². The second kappa shape index (κ2) is 5.53. The SMILES string of the molecule is Cc1nc(-c2ccc(CC(C)C)cc2)c(C(=O)O)s1. The fourth-order valence-corrected chi connectivity index (χ4v) is 2.82. The summed E-state index contributed by atoms with van der Waals surface area (Å²) in [5.74, 6) is -0.297. The molecule has 0 spiro atoms. The minimum absolute atomic E-state index is 0.314. The number of carbonyl (C=O) groups is 1. The largest absolute Gasteiger partial charge is 0.477 e. The number of benzene rings is 1. The number of aromatic carboxylic acids is 1. The molecule has 0 fully saturated rings. The lowest BCUT2D eigenvalue weighted by atomic mass is 10.0. The summed E-state index contributed by atoms with van der Waals surface area (Å²) in [4.78, 5) is 15.8. The minimum Gasteiger partial charge on any atom is -0.477 e. The molecule has 0 unspecified atom stereocenters. The van der Waals surface area contributed by atoms with Crippen molar-refractivity contribution in [3.8, 4) is 11.3 Å². The molecule has 0 saturated carbocycles. The number of aryl methyl sites for hydroxylation is 1. The van der Waals surface area contributed by atoms with E-state index in [-0.39, 0.29) is 0 Å². The van der Waals surface area contributed by atoms with Gasteiger partial charge in [-0.2, -0.15) is 0 Å². The van der Waals surface area contributed by atoms with Gasteiger partial charge in [-0.05, 0) is 24.8 Å². The number of nitrogens with zero attached hydrogens (tertiary/aromatic N) is 1. The van der Waals surface area contributed by atoms with Gasteiger partial charge in [-0.1, -0.05) is 38.1 Å². The highest BCUT2D eigenvalue weighted by Crippen LogP contribution is 2.28. The van der Waals surface area contributed by atoms with Crippen molar-refractivity contribution in [2.75, 3.05) is 0 Å². The highest BCUT2D eigenvalue weighted by atomic mass is 32.1. The average Bonchev–Trinajstić information content (AvgIpc) is 2.72. The van der Waals surface area contributed by atoms with Gasteiger partial charge in [0.2, 0.25) is 0 Å². The lowest BCUT2D eigenvalue weighted by Gasteiger charge is -2.06. The van der Waals surface area contributed by atoms with Crippen LogP contribution in [0, 0.1) is 12.8 Å². The second-order valence-electron chi connectivity index (χ2n) is 5.01. The Kier molecular flexibility index (Phi) is 4.00. The summed E-state index contributed by atoms with van der Waals surface area (Å²) in [6.07, 6.45) is 1.03. The van der Waals surface area contributed by atoms with Gasteiger partial charge in [-0.15, -0.1) is 11.3 Å². The maximum Gasteiger partial charge on any atom is 0.348 e. The molecule has 0 bridgehead atoms. The van der Waals surface area contributed by atoms with Crippen molar-refractivity contribution in [1.29, 1.82) is 0 Å². The quantitative estimate of drug-likeness (QED) is 0.917. The van der Waals surface area contributed by atoms with Crippen LogP contribution in [-0.4, -0.2) is 16.1 Å². The molecule has 0 atom stereocenters. The molecular formula is C15H17NO2S. The molecule has 19 heavy (non-hydrogen) atoms. The molecule has 1 aromatic carbocycles. The highest BCUT2D eigenvalue weighted by molar-refractivity contribution is 7.14. The summed E-state index contributed by atoms with van der Waals surface area (Å²) in [5.41, 5.74) is 2.71. The third kappa shape index (κ3) is 3.20. The van der Waals surface area contributed by atoms with E-state index in [1.54, 1.807) is 0 Å². The van der Waals surface area contributed by atoms with Gasteiger partial charge in [-0.3, -0.25) is 0 Å². The lowest BCUT2D eigenvalue weighted by molar-refractivity contribution is 0.0702. The van der Waals surface area contributed by atoms with E-state index in [1.165, 1.54) is 16.9 Å². The Morgan fingerprint density at radius 3 is 2.47 bits per heavy atom. The van der Waals surface area contributed by atoms with Crippen LogP contribution in [0.2, 0.25) is 0 Å². The van der Waals surface area contributed by atoms with Gasteiger partial charge in [0, 0.05) is 5.56 Å². The van der Waals surface area contributed by atoms with Gasteiger partial charge in [0.25, 0.3) is 0 Å². The summed E-state index contributed by atoms with van der Waals surface area (Å²) in [6.45, 7) is 6.19. The maximum atomic E-state index is 11.2. The molecule has 0 amide bonds. The van der Waals surface area contributed by atoms with E-state index in [9.17, 15) is 9.90 Å². The Labute approximate surface area is 116 Å². The van der Waals surface area contributed by atoms with Crippen LogP contribution < -0.4 is 0 Å². The Morgan fingerprint density at radius 2 is 1.95 bits per heavy atom. The van der Waals surface area contributed by atoms with Crippen molar-refractivity contribution in [3.63, 3.8) is 0 Å². The number of carboxylic acid groups (broad SMARTS) is 1. The summed E-state index contributed by atoms with van der Waals surface area (Å²) < 4.78 is 0. The number of carboxylic acids is 1. The van der Waals surface area contributed by atoms with Crippen molar-refractivity contribution >= 4 is 17.3 Å². The van der Waals surface area contributed by atoms with Gasteiger partial charge in [-0.25, -0.2) is 9.78 Å². The molecule has 2 aromatic rings. The normalized spacial score (nSPS) is 10.9. The Bertz CT molecular complexity index is 585. The van der Waals surface area contributed by atoms with Gasteiger partial charge in [0.15, 0.2) is 0 Å². The first-order valence-corrected chi connectivity index (χ1v) is 7.09. The van der Waals surface area contributed by atoms with E-state index in [1.807, 2.05) is 19.1 Å². The number of thiazole rings is 1. The molecule has 2 rings (SSSR count). The predicted molar refractivity (Wildman–Crippen MR) is 77.8 cm³/mol. The van der Waals surface area contributed by atoms with Crippen LogP contribution in [0.25, 0.3) is 11.3 Å². The minimum atomic E-state index is -0.910. The Morgan fingerprint density at radius 1 is 1.32 bits per heavy atom. The first-order valence-electron chi connectivity index (χ1n) is 6.27. The Hall–Kier alpha value is -1.68. The summed E-state index contributed by atoms with van der Waals surface area (Å²) in [7, 11) is 0. The molecule has 0 radical (unpaired) electrons. The number of aromatic nitrogens is 1. The summed E-state index contributed by atoms with van der Waals surface area (Å²) in [6, 6.07) is 8.02. The standard InChI is InChI=1S/C15H17NO2S/c1-9(2)8-11-4-6-12(7-5-11)13-14(15(17)18)19-10(3)16-13/h4-7,9H,8H2,1-3H3,(H,17,18). The van der Waals surface area contributed by atoms with Crippen LogP contribution in [0.3, 0.4) is 0 Å². The molecule has 4 heteroatoms. The van der Waals surface area contributed by atoms with Crippen LogP contribution >= 0.6 is 11.3 Å². The fraction of sp³-hybridized carbons (Fsp3) is 0.333. The predicted octanol–water partition coefficient (Wildman–Crippen LogP) is 4.02. The van der Waals surface area contributed by atoms with Crippen molar-refractivity contribution in [3.05, 3.63) is 39.7 Å². The lowest BCUT2D eigenvalue weighted by Crippen LogP contribution is -1.96. The molecule has 0 aliphatic heterocycles. The van der Waals surface area contributed by atoms with Crippen molar-refractivity contribution in [2.24, 2.45) is 5.92 Å². The number of rotatable bonds is 4.